The molecule has 15 heavy (non-hydrogen) atoms. The Morgan fingerprint density at radius 3 is 2.87 bits per heavy atom. The summed E-state index contributed by atoms with van der Waals surface area (Å²) in [6.45, 7) is 9.90. The summed E-state index contributed by atoms with van der Waals surface area (Å²) in [6.07, 6.45) is 6.93. The van der Waals surface area contributed by atoms with Gasteiger partial charge in [-0.1, -0.05) is 19.8 Å². The van der Waals surface area contributed by atoms with E-state index in [-0.39, 0.29) is 0 Å². The van der Waals surface area contributed by atoms with Crippen molar-refractivity contribution in [2.75, 3.05) is 26.2 Å². The number of hydrogen-bond acceptors (Lipinski definition) is 2. The summed E-state index contributed by atoms with van der Waals surface area (Å²) in [7, 11) is 0. The van der Waals surface area contributed by atoms with Crippen molar-refractivity contribution >= 4 is 0 Å². The van der Waals surface area contributed by atoms with Crippen molar-refractivity contribution in [3.05, 3.63) is 0 Å². The van der Waals surface area contributed by atoms with Gasteiger partial charge in [0.25, 0.3) is 0 Å². The van der Waals surface area contributed by atoms with E-state index in [1.54, 1.807) is 0 Å². The highest BCUT2D eigenvalue weighted by atomic mass is 15.2. The van der Waals surface area contributed by atoms with Gasteiger partial charge in [0.15, 0.2) is 0 Å². The van der Waals surface area contributed by atoms with E-state index in [1.807, 2.05) is 0 Å². The van der Waals surface area contributed by atoms with Crippen LogP contribution in [0.1, 0.15) is 46.0 Å². The minimum Gasteiger partial charge on any atom is -0.310 e. The van der Waals surface area contributed by atoms with Crippen LogP contribution >= 0.6 is 0 Å². The number of nitrogens with one attached hydrogen (secondary N) is 1. The first kappa shape index (κ1) is 11.4. The quantitative estimate of drug-likeness (QED) is 0.768. The van der Waals surface area contributed by atoms with Crippen LogP contribution in [-0.4, -0.2) is 36.6 Å². The van der Waals surface area contributed by atoms with Crippen molar-refractivity contribution in [2.24, 2.45) is 5.92 Å². The lowest BCUT2D eigenvalue weighted by Gasteiger charge is -2.38. The predicted octanol–water partition coefficient (Wildman–Crippen LogP) is 2.25. The monoisotopic (exact) mass is 210 g/mol. The SMILES string of the molecule is CCC1CCN(CC2(C)CCCCN2)C1. The second-order valence-electron chi connectivity index (χ2n) is 5.74. The Hall–Kier alpha value is -0.0800. The average molecular weight is 210 g/mol. The third-order valence-corrected chi connectivity index (χ3v) is 4.23. The maximum Gasteiger partial charge on any atom is 0.0280 e. The molecule has 2 nitrogen and oxygen atoms in total. The molecule has 2 rings (SSSR count). The molecule has 2 atom stereocenters. The van der Waals surface area contributed by atoms with Gasteiger partial charge in [-0.2, -0.15) is 0 Å². The van der Waals surface area contributed by atoms with Gasteiger partial charge in [0.2, 0.25) is 0 Å². The molecule has 0 amide bonds. The standard InChI is InChI=1S/C13H26N2/c1-3-12-6-9-15(10-12)11-13(2)7-4-5-8-14-13/h12,14H,3-11H2,1-2H3. The summed E-state index contributed by atoms with van der Waals surface area (Å²) in [5.74, 6) is 0.970. The first-order valence-corrected chi connectivity index (χ1v) is 6.69. The number of hydrogen-bond donors (Lipinski definition) is 1. The minimum atomic E-state index is 0.404. The summed E-state index contributed by atoms with van der Waals surface area (Å²) in [6, 6.07) is 0. The maximum atomic E-state index is 3.71. The van der Waals surface area contributed by atoms with Gasteiger partial charge in [0.05, 0.1) is 0 Å². The zero-order chi connectivity index (χ0) is 10.7. The van der Waals surface area contributed by atoms with Crippen molar-refractivity contribution in [3.63, 3.8) is 0 Å². The molecule has 0 aliphatic carbocycles. The van der Waals surface area contributed by atoms with Crippen LogP contribution in [0.5, 0.6) is 0 Å². The molecule has 88 valence electrons. The van der Waals surface area contributed by atoms with Gasteiger partial charge in [-0.15, -0.1) is 0 Å². The molecule has 2 saturated heterocycles. The van der Waals surface area contributed by atoms with E-state index in [0.29, 0.717) is 5.54 Å². The van der Waals surface area contributed by atoms with E-state index in [1.165, 1.54) is 58.3 Å². The number of piperidine rings is 1. The first-order valence-electron chi connectivity index (χ1n) is 6.69. The molecule has 0 saturated carbocycles. The molecule has 2 heteroatoms. The molecule has 0 bridgehead atoms. The summed E-state index contributed by atoms with van der Waals surface area (Å²) in [4.78, 5) is 2.67. The number of rotatable bonds is 3. The fourth-order valence-electron chi connectivity index (χ4n) is 3.14. The third kappa shape index (κ3) is 2.94. The molecule has 2 aliphatic rings. The van der Waals surface area contributed by atoms with Crippen LogP contribution in [0, 0.1) is 5.92 Å². The summed E-state index contributed by atoms with van der Waals surface area (Å²) >= 11 is 0. The van der Waals surface area contributed by atoms with E-state index < -0.39 is 0 Å². The molecule has 0 spiro atoms. The summed E-state index contributed by atoms with van der Waals surface area (Å²) < 4.78 is 0. The van der Waals surface area contributed by atoms with Crippen molar-refractivity contribution in [1.29, 1.82) is 0 Å². The van der Waals surface area contributed by atoms with Crippen molar-refractivity contribution in [3.8, 4) is 0 Å². The zero-order valence-electron chi connectivity index (χ0n) is 10.4. The van der Waals surface area contributed by atoms with Gasteiger partial charge in [0.1, 0.15) is 0 Å². The Morgan fingerprint density at radius 1 is 1.40 bits per heavy atom. The maximum absolute atomic E-state index is 3.71. The molecule has 0 radical (unpaired) electrons. The lowest BCUT2D eigenvalue weighted by atomic mass is 9.90. The minimum absolute atomic E-state index is 0.404. The molecule has 0 aromatic heterocycles. The molecular formula is C13H26N2. The Morgan fingerprint density at radius 2 is 2.27 bits per heavy atom. The molecule has 2 unspecified atom stereocenters. The highest BCUT2D eigenvalue weighted by molar-refractivity contribution is 4.91. The lowest BCUT2D eigenvalue weighted by Crippen LogP contribution is -2.53. The van der Waals surface area contributed by atoms with Crippen molar-refractivity contribution in [2.45, 2.75) is 51.5 Å². The van der Waals surface area contributed by atoms with E-state index in [4.69, 9.17) is 0 Å². The van der Waals surface area contributed by atoms with Crippen molar-refractivity contribution in [1.82, 2.24) is 10.2 Å². The fraction of sp³-hybridized carbons (Fsp3) is 1.00. The van der Waals surface area contributed by atoms with Gasteiger partial charge >= 0.3 is 0 Å². The highest BCUT2D eigenvalue weighted by Gasteiger charge is 2.31. The predicted molar refractivity (Wildman–Crippen MR) is 65.1 cm³/mol. The zero-order valence-corrected chi connectivity index (χ0v) is 10.4. The third-order valence-electron chi connectivity index (χ3n) is 4.23. The second kappa shape index (κ2) is 4.84. The largest absolute Gasteiger partial charge is 0.310 e. The van der Waals surface area contributed by atoms with E-state index in [2.05, 4.69) is 24.1 Å². The molecule has 2 heterocycles. The Bertz CT molecular complexity index is 197. The smallest absolute Gasteiger partial charge is 0.0280 e. The normalized spacial score (nSPS) is 38.4. The van der Waals surface area contributed by atoms with E-state index in [0.717, 1.165) is 5.92 Å². The van der Waals surface area contributed by atoms with Crippen LogP contribution in [-0.2, 0) is 0 Å². The Kier molecular flexibility index (Phi) is 3.68. The van der Waals surface area contributed by atoms with Crippen LogP contribution in [0.15, 0.2) is 0 Å². The summed E-state index contributed by atoms with van der Waals surface area (Å²) in [5.41, 5.74) is 0.404. The van der Waals surface area contributed by atoms with Gasteiger partial charge < -0.3 is 10.2 Å². The topological polar surface area (TPSA) is 15.3 Å². The highest BCUT2D eigenvalue weighted by Crippen LogP contribution is 2.24. The van der Waals surface area contributed by atoms with Gasteiger partial charge in [0, 0.05) is 18.6 Å². The molecular weight excluding hydrogens is 184 g/mol. The van der Waals surface area contributed by atoms with Crippen molar-refractivity contribution < 1.29 is 0 Å². The van der Waals surface area contributed by atoms with Crippen LogP contribution in [0.3, 0.4) is 0 Å². The van der Waals surface area contributed by atoms with Gasteiger partial charge in [-0.05, 0) is 45.2 Å². The van der Waals surface area contributed by atoms with Crippen LogP contribution in [0.4, 0.5) is 0 Å². The molecule has 1 N–H and O–H groups in total. The van der Waals surface area contributed by atoms with Crippen LogP contribution < -0.4 is 5.32 Å². The first-order chi connectivity index (χ1) is 7.22. The van der Waals surface area contributed by atoms with Crippen LogP contribution in [0.2, 0.25) is 0 Å². The number of likely N-dealkylation sites (tertiary alicyclic amines) is 1. The van der Waals surface area contributed by atoms with E-state index >= 15 is 0 Å². The Labute approximate surface area is 94.4 Å². The molecule has 0 aromatic rings. The van der Waals surface area contributed by atoms with Crippen LogP contribution in [0.25, 0.3) is 0 Å². The summed E-state index contributed by atoms with van der Waals surface area (Å²) in [5, 5.41) is 3.71. The average Bonchev–Trinajstić information content (AvgIpc) is 2.66. The Balaban J connectivity index is 1.80. The molecule has 2 aliphatic heterocycles. The molecule has 2 fully saturated rings. The van der Waals surface area contributed by atoms with E-state index in [9.17, 15) is 0 Å². The van der Waals surface area contributed by atoms with Gasteiger partial charge in [-0.3, -0.25) is 0 Å². The second-order valence-corrected chi connectivity index (χ2v) is 5.74. The molecule has 0 aromatic carbocycles. The fourth-order valence-corrected chi connectivity index (χ4v) is 3.14. The lowest BCUT2D eigenvalue weighted by molar-refractivity contribution is 0.183. The van der Waals surface area contributed by atoms with Gasteiger partial charge in [-0.25, -0.2) is 0 Å². The number of nitrogens with zero attached hydrogens (tertiary/aromatic N) is 1.